The zero-order valence-corrected chi connectivity index (χ0v) is 13.7. The second-order valence-electron chi connectivity index (χ2n) is 4.92. The molecule has 1 rings (SSSR count). The van der Waals surface area contributed by atoms with Crippen LogP contribution in [0.5, 0.6) is 0 Å². The molecule has 0 aromatic heterocycles. The van der Waals surface area contributed by atoms with Crippen molar-refractivity contribution in [2.45, 2.75) is 32.9 Å². The van der Waals surface area contributed by atoms with E-state index in [1.165, 1.54) is 4.90 Å². The third kappa shape index (κ3) is 7.34. The molecule has 0 N–H and O–H groups in total. The monoisotopic (exact) mass is 333 g/mol. The van der Waals surface area contributed by atoms with Crippen molar-refractivity contribution >= 4 is 25.8 Å². The molecule has 1 aromatic carbocycles. The summed E-state index contributed by atoms with van der Waals surface area (Å²) in [5.74, 6) is -0.163. The zero-order valence-electron chi connectivity index (χ0n) is 12.2. The summed E-state index contributed by atoms with van der Waals surface area (Å²) in [6, 6.07) is 9.29. The number of nitrogens with zero attached hydrogens (tertiary/aromatic N) is 1. The predicted octanol–water partition coefficient (Wildman–Crippen LogP) is 2.99. The Hall–Kier alpha value is -1.27. The van der Waals surface area contributed by atoms with Crippen molar-refractivity contribution in [1.82, 2.24) is 4.90 Å². The van der Waals surface area contributed by atoms with E-state index in [4.69, 9.17) is 15.4 Å². The number of ether oxygens (including phenoxy) is 1. The van der Waals surface area contributed by atoms with Gasteiger partial charge in [-0.25, -0.2) is 13.2 Å². The van der Waals surface area contributed by atoms with E-state index in [1.54, 1.807) is 0 Å². The van der Waals surface area contributed by atoms with Gasteiger partial charge in [0, 0.05) is 23.3 Å². The van der Waals surface area contributed by atoms with E-state index < -0.39 is 15.1 Å². The van der Waals surface area contributed by atoms with Crippen molar-refractivity contribution in [2.24, 2.45) is 0 Å². The van der Waals surface area contributed by atoms with Crippen molar-refractivity contribution in [1.29, 1.82) is 0 Å². The van der Waals surface area contributed by atoms with Crippen LogP contribution in [-0.4, -0.2) is 37.8 Å². The molecule has 0 aliphatic carbocycles. The fraction of sp³-hybridized carbons (Fsp3) is 0.500. The van der Waals surface area contributed by atoms with E-state index in [0.29, 0.717) is 0 Å². The van der Waals surface area contributed by atoms with Crippen molar-refractivity contribution in [3.8, 4) is 0 Å². The highest BCUT2D eigenvalue weighted by Gasteiger charge is 2.19. The number of carbonyl (C=O) groups excluding carboxylic acids is 1. The van der Waals surface area contributed by atoms with Crippen molar-refractivity contribution < 1.29 is 17.9 Å². The highest BCUT2D eigenvalue weighted by Crippen LogP contribution is 2.08. The van der Waals surface area contributed by atoms with Crippen LogP contribution in [0.3, 0.4) is 0 Å². The number of rotatable bonds is 7. The maximum Gasteiger partial charge on any atom is 0.410 e. The van der Waals surface area contributed by atoms with Gasteiger partial charge in [0.15, 0.2) is 0 Å². The van der Waals surface area contributed by atoms with Crippen LogP contribution in [0.4, 0.5) is 4.79 Å². The highest BCUT2D eigenvalue weighted by molar-refractivity contribution is 8.13. The van der Waals surface area contributed by atoms with Crippen LogP contribution in [0, 0.1) is 0 Å². The average molecular weight is 334 g/mol. The third-order valence-corrected chi connectivity index (χ3v) is 4.09. The summed E-state index contributed by atoms with van der Waals surface area (Å²) in [7, 11) is 1.62. The molecule has 0 saturated heterocycles. The Labute approximate surface area is 130 Å². The van der Waals surface area contributed by atoms with Crippen molar-refractivity contribution in [3.05, 3.63) is 35.9 Å². The Balaban J connectivity index is 2.49. The number of benzene rings is 1. The first-order valence-corrected chi connectivity index (χ1v) is 9.17. The van der Waals surface area contributed by atoms with Gasteiger partial charge in [0.1, 0.15) is 6.61 Å². The minimum absolute atomic E-state index is 0.0775. The van der Waals surface area contributed by atoms with Crippen LogP contribution in [0.2, 0.25) is 0 Å². The van der Waals surface area contributed by atoms with Crippen LogP contribution in [-0.2, 0) is 20.4 Å². The van der Waals surface area contributed by atoms with Gasteiger partial charge < -0.3 is 9.64 Å². The molecule has 21 heavy (non-hydrogen) atoms. The quantitative estimate of drug-likeness (QED) is 0.719. The summed E-state index contributed by atoms with van der Waals surface area (Å²) in [5, 5.41) is 0. The Morgan fingerprint density at radius 1 is 1.29 bits per heavy atom. The highest BCUT2D eigenvalue weighted by atomic mass is 35.7. The molecule has 7 heteroatoms. The molecule has 0 heterocycles. The van der Waals surface area contributed by atoms with Crippen LogP contribution < -0.4 is 0 Å². The number of hydrogen-bond acceptors (Lipinski definition) is 4. The molecule has 0 atom stereocenters. The van der Waals surface area contributed by atoms with Gasteiger partial charge in [-0.3, -0.25) is 0 Å². The second-order valence-corrected chi connectivity index (χ2v) is 7.82. The lowest BCUT2D eigenvalue weighted by Crippen LogP contribution is -2.38. The number of hydrogen-bond donors (Lipinski definition) is 0. The molecule has 1 aromatic rings. The van der Waals surface area contributed by atoms with Crippen molar-refractivity contribution in [3.63, 3.8) is 0 Å². The summed E-state index contributed by atoms with van der Waals surface area (Å²) >= 11 is 0. The van der Waals surface area contributed by atoms with E-state index in [0.717, 1.165) is 5.56 Å². The number of halogens is 1. The van der Waals surface area contributed by atoms with Crippen LogP contribution in [0.1, 0.15) is 25.8 Å². The lowest BCUT2D eigenvalue weighted by molar-refractivity contribution is 0.0859. The third-order valence-electron chi connectivity index (χ3n) is 2.85. The summed E-state index contributed by atoms with van der Waals surface area (Å²) in [5.41, 5.74) is 0.901. The van der Waals surface area contributed by atoms with E-state index in [9.17, 15) is 13.2 Å². The minimum Gasteiger partial charge on any atom is -0.445 e. The smallest absolute Gasteiger partial charge is 0.410 e. The number of amides is 1. The Bertz CT molecular complexity index is 545. The van der Waals surface area contributed by atoms with Gasteiger partial charge in [-0.1, -0.05) is 30.3 Å². The molecule has 0 spiro atoms. The molecule has 5 nitrogen and oxygen atoms in total. The molecular formula is C14H20ClNO4S. The molecule has 0 bridgehead atoms. The van der Waals surface area contributed by atoms with Crippen LogP contribution >= 0.6 is 10.7 Å². The van der Waals surface area contributed by atoms with Gasteiger partial charge in [0.25, 0.3) is 0 Å². The zero-order chi connectivity index (χ0) is 15.9. The maximum absolute atomic E-state index is 12.0. The van der Waals surface area contributed by atoms with Gasteiger partial charge in [-0.05, 0) is 25.8 Å². The molecule has 118 valence electrons. The molecule has 0 aliphatic rings. The maximum atomic E-state index is 12.0. The largest absolute Gasteiger partial charge is 0.445 e. The van der Waals surface area contributed by atoms with Gasteiger partial charge in [0.05, 0.1) is 5.75 Å². The molecule has 0 fully saturated rings. The first-order valence-electron chi connectivity index (χ1n) is 6.69. The van der Waals surface area contributed by atoms with Crippen molar-refractivity contribution in [2.75, 3.05) is 12.3 Å². The normalized spacial score (nSPS) is 11.4. The fourth-order valence-electron chi connectivity index (χ4n) is 1.77. The SMILES string of the molecule is CC(C)N(CCCS(=O)(=O)Cl)C(=O)OCc1ccccc1. The van der Waals surface area contributed by atoms with Gasteiger partial charge in [-0.2, -0.15) is 0 Å². The first-order chi connectivity index (χ1) is 9.79. The van der Waals surface area contributed by atoms with E-state index in [1.807, 2.05) is 44.2 Å². The summed E-state index contributed by atoms with van der Waals surface area (Å²) < 4.78 is 27.0. The molecule has 0 saturated carbocycles. The molecule has 1 amide bonds. The summed E-state index contributed by atoms with van der Waals surface area (Å²) in [6.07, 6.45) is -0.175. The van der Waals surface area contributed by atoms with Gasteiger partial charge in [0.2, 0.25) is 9.05 Å². The Morgan fingerprint density at radius 2 is 1.90 bits per heavy atom. The summed E-state index contributed by atoms with van der Waals surface area (Å²) in [6.45, 7) is 4.17. The van der Waals surface area contributed by atoms with E-state index in [2.05, 4.69) is 0 Å². The van der Waals surface area contributed by atoms with Gasteiger partial charge in [-0.15, -0.1) is 0 Å². The lowest BCUT2D eigenvalue weighted by atomic mass is 10.2. The average Bonchev–Trinajstić information content (AvgIpc) is 2.40. The van der Waals surface area contributed by atoms with Crippen LogP contribution in [0.15, 0.2) is 30.3 Å². The lowest BCUT2D eigenvalue weighted by Gasteiger charge is -2.25. The predicted molar refractivity (Wildman–Crippen MR) is 82.7 cm³/mol. The number of carbonyl (C=O) groups is 1. The first kappa shape index (κ1) is 17.8. The fourth-order valence-corrected chi connectivity index (χ4v) is 2.57. The molecule has 0 unspecified atom stereocenters. The summed E-state index contributed by atoms with van der Waals surface area (Å²) in [4.78, 5) is 13.5. The van der Waals surface area contributed by atoms with Crippen LogP contribution in [0.25, 0.3) is 0 Å². The Kier molecular flexibility index (Phi) is 6.98. The molecular weight excluding hydrogens is 314 g/mol. The van der Waals surface area contributed by atoms with E-state index >= 15 is 0 Å². The Morgan fingerprint density at radius 3 is 2.43 bits per heavy atom. The topological polar surface area (TPSA) is 63.7 Å². The molecule has 0 aliphatic heterocycles. The second kappa shape index (κ2) is 8.24. The minimum atomic E-state index is -3.53. The van der Waals surface area contributed by atoms with E-state index in [-0.39, 0.29) is 31.4 Å². The van der Waals surface area contributed by atoms with Gasteiger partial charge >= 0.3 is 6.09 Å². The standard InChI is InChI=1S/C14H20ClNO4S/c1-12(2)16(9-6-10-21(15,18)19)14(17)20-11-13-7-4-3-5-8-13/h3-5,7-8,12H,6,9-11H2,1-2H3. The molecule has 0 radical (unpaired) electrons.